The van der Waals surface area contributed by atoms with Gasteiger partial charge in [0.25, 0.3) is 11.7 Å². The fourth-order valence-corrected chi connectivity index (χ4v) is 4.20. The Bertz CT molecular complexity index is 862. The van der Waals surface area contributed by atoms with Crippen LogP contribution in [0, 0.1) is 11.7 Å². The van der Waals surface area contributed by atoms with E-state index in [2.05, 4.69) is 10.3 Å². The normalized spacial score (nSPS) is 20.5. The molecule has 2 aromatic rings. The zero-order valence-electron chi connectivity index (χ0n) is 15.7. The maximum atomic E-state index is 14.0. The second-order valence-electron chi connectivity index (χ2n) is 7.75. The van der Waals surface area contributed by atoms with Crippen LogP contribution in [0.1, 0.15) is 49.9 Å². The number of carbonyl (C=O) groups is 1. The number of hydrogen-bond donors (Lipinski definition) is 2. The molecule has 4 nitrogen and oxygen atoms in total. The average Bonchev–Trinajstić information content (AvgIpc) is 2.61. The van der Waals surface area contributed by atoms with E-state index in [1.807, 2.05) is 13.8 Å². The van der Waals surface area contributed by atoms with E-state index in [0.29, 0.717) is 16.5 Å². The van der Waals surface area contributed by atoms with Crippen LogP contribution in [0.5, 0.6) is 0 Å². The largest absolute Gasteiger partial charge is 0.390 e. The lowest BCUT2D eigenvalue weighted by Crippen LogP contribution is -2.41. The molecule has 1 fully saturated rings. The Labute approximate surface area is 165 Å². The molecule has 0 bridgehead atoms. The van der Waals surface area contributed by atoms with Crippen molar-refractivity contribution in [2.45, 2.75) is 61.8 Å². The van der Waals surface area contributed by atoms with Crippen molar-refractivity contribution < 1.29 is 23.1 Å². The number of hydrogen-bond acceptors (Lipinski definition) is 4. The quantitative estimate of drug-likeness (QED) is 0.696. The Morgan fingerprint density at radius 1 is 1.25 bits per heavy atom. The number of thioether (sulfide) groups is 1. The van der Waals surface area contributed by atoms with Gasteiger partial charge in [-0.3, -0.25) is 9.78 Å². The molecule has 0 unspecified atom stereocenters. The lowest BCUT2D eigenvalue weighted by molar-refractivity contribution is -0.00257. The van der Waals surface area contributed by atoms with Crippen LogP contribution in [0.2, 0.25) is 0 Å². The monoisotopic (exact) mass is 412 g/mol. The zero-order valence-corrected chi connectivity index (χ0v) is 16.5. The van der Waals surface area contributed by atoms with Crippen molar-refractivity contribution in [3.05, 3.63) is 35.8 Å². The van der Waals surface area contributed by atoms with Crippen LogP contribution >= 0.6 is 11.8 Å². The summed E-state index contributed by atoms with van der Waals surface area (Å²) in [5, 5.41) is 13.5. The maximum absolute atomic E-state index is 14.0. The Morgan fingerprint density at radius 2 is 1.93 bits per heavy atom. The summed E-state index contributed by atoms with van der Waals surface area (Å²) in [6, 6.07) is 3.92. The first-order valence-corrected chi connectivity index (χ1v) is 10.1. The molecule has 1 aromatic heterocycles. The number of rotatable bonds is 5. The minimum Gasteiger partial charge on any atom is -0.390 e. The Kier molecular flexibility index (Phi) is 6.19. The summed E-state index contributed by atoms with van der Waals surface area (Å²) in [4.78, 5) is 16.5. The van der Waals surface area contributed by atoms with Crippen molar-refractivity contribution >= 4 is 28.6 Å². The number of nitrogens with zero attached hydrogens (tertiary/aromatic N) is 1. The highest BCUT2D eigenvalue weighted by Gasteiger charge is 2.31. The van der Waals surface area contributed by atoms with E-state index in [-0.39, 0.29) is 34.5 Å². The zero-order chi connectivity index (χ0) is 20.5. The molecule has 0 saturated heterocycles. The minimum absolute atomic E-state index is 0.0170. The van der Waals surface area contributed by atoms with Crippen LogP contribution in [0.25, 0.3) is 10.9 Å². The maximum Gasteiger partial charge on any atom is 0.289 e. The summed E-state index contributed by atoms with van der Waals surface area (Å²) >= 11 is 0.130. The number of alkyl halides is 2. The van der Waals surface area contributed by atoms with Crippen molar-refractivity contribution in [1.29, 1.82) is 0 Å². The molecule has 1 aliphatic carbocycles. The molecule has 1 aromatic carbocycles. The third-order valence-corrected chi connectivity index (χ3v) is 6.02. The Hall–Kier alpha value is -1.80. The summed E-state index contributed by atoms with van der Waals surface area (Å²) in [7, 11) is 0. The molecule has 1 heterocycles. The molecule has 0 aliphatic heterocycles. The van der Waals surface area contributed by atoms with Gasteiger partial charge in [0.15, 0.2) is 0 Å². The number of nitrogens with one attached hydrogen (secondary N) is 1. The van der Waals surface area contributed by atoms with Crippen molar-refractivity contribution in [1.82, 2.24) is 10.3 Å². The van der Waals surface area contributed by atoms with Gasteiger partial charge in [-0.05, 0) is 63.6 Å². The summed E-state index contributed by atoms with van der Waals surface area (Å²) in [6.07, 6.45) is 4.60. The fraction of sp³-hybridized carbons (Fsp3) is 0.500. The Morgan fingerprint density at radius 3 is 2.54 bits per heavy atom. The van der Waals surface area contributed by atoms with Gasteiger partial charge in [-0.1, -0.05) is 11.8 Å². The van der Waals surface area contributed by atoms with Crippen LogP contribution in [-0.4, -0.2) is 33.4 Å². The fourth-order valence-electron chi connectivity index (χ4n) is 3.65. The number of aromatic nitrogens is 1. The third kappa shape index (κ3) is 4.97. The van der Waals surface area contributed by atoms with Crippen LogP contribution in [0.15, 0.2) is 29.3 Å². The summed E-state index contributed by atoms with van der Waals surface area (Å²) in [6.45, 7) is 3.61. The molecular weight excluding hydrogens is 389 g/mol. The lowest BCUT2D eigenvalue weighted by Gasteiger charge is -2.36. The van der Waals surface area contributed by atoms with Gasteiger partial charge in [-0.2, -0.15) is 8.78 Å². The van der Waals surface area contributed by atoms with E-state index >= 15 is 0 Å². The lowest BCUT2D eigenvalue weighted by atomic mass is 9.77. The van der Waals surface area contributed by atoms with Gasteiger partial charge >= 0.3 is 0 Å². The predicted octanol–water partition coefficient (Wildman–Crippen LogP) is 4.75. The van der Waals surface area contributed by atoms with Crippen molar-refractivity contribution in [3.63, 3.8) is 0 Å². The van der Waals surface area contributed by atoms with E-state index < -0.39 is 17.2 Å². The van der Waals surface area contributed by atoms with Crippen LogP contribution in [0.3, 0.4) is 0 Å². The van der Waals surface area contributed by atoms with Gasteiger partial charge < -0.3 is 10.4 Å². The molecule has 8 heteroatoms. The van der Waals surface area contributed by atoms with E-state index in [4.69, 9.17) is 0 Å². The molecule has 1 aliphatic rings. The number of amides is 1. The van der Waals surface area contributed by atoms with Gasteiger partial charge in [0, 0.05) is 17.6 Å². The molecule has 152 valence electrons. The molecule has 0 spiro atoms. The number of carbonyl (C=O) groups excluding carboxylic acids is 1. The second-order valence-corrected chi connectivity index (χ2v) is 8.79. The molecule has 2 N–H and O–H groups in total. The Balaban J connectivity index is 1.69. The molecule has 1 amide bonds. The van der Waals surface area contributed by atoms with Gasteiger partial charge in [0.1, 0.15) is 5.82 Å². The SMILES string of the molecule is CC(C)(O)C1CCC(NC(=O)c2cnc3cc(SC(F)F)c(F)cc3c2)CC1. The minimum atomic E-state index is -2.72. The molecule has 0 radical (unpaired) electrons. The molecule has 0 atom stereocenters. The van der Waals surface area contributed by atoms with E-state index in [9.17, 15) is 23.1 Å². The number of pyridine rings is 1. The molecule has 28 heavy (non-hydrogen) atoms. The number of aliphatic hydroxyl groups is 1. The summed E-state index contributed by atoms with van der Waals surface area (Å²) in [5.74, 6) is -3.57. The summed E-state index contributed by atoms with van der Waals surface area (Å²) in [5.41, 5.74) is -0.0690. The van der Waals surface area contributed by atoms with Crippen molar-refractivity contribution in [2.24, 2.45) is 5.92 Å². The highest BCUT2D eigenvalue weighted by molar-refractivity contribution is 7.99. The molecule has 3 rings (SSSR count). The topological polar surface area (TPSA) is 62.2 Å². The van der Waals surface area contributed by atoms with Crippen molar-refractivity contribution in [2.75, 3.05) is 0 Å². The average molecular weight is 412 g/mol. The first-order valence-electron chi connectivity index (χ1n) is 9.21. The van der Waals surface area contributed by atoms with E-state index in [0.717, 1.165) is 31.7 Å². The van der Waals surface area contributed by atoms with Gasteiger partial charge in [-0.25, -0.2) is 4.39 Å². The number of benzene rings is 1. The van der Waals surface area contributed by atoms with Gasteiger partial charge in [-0.15, -0.1) is 0 Å². The van der Waals surface area contributed by atoms with Crippen molar-refractivity contribution in [3.8, 4) is 0 Å². The van der Waals surface area contributed by atoms with Crippen LogP contribution in [0.4, 0.5) is 13.2 Å². The standard InChI is InChI=1S/C20H23F3N2O2S/c1-20(2,27)13-3-5-14(6-4-13)25-18(26)12-7-11-8-15(21)17(28-19(22)23)9-16(11)24-10-12/h7-10,13-14,19,27H,3-6H2,1-2H3,(H,25,26). The van der Waals surface area contributed by atoms with Crippen LogP contribution < -0.4 is 5.32 Å². The van der Waals surface area contributed by atoms with E-state index in [1.54, 1.807) is 0 Å². The molecule has 1 saturated carbocycles. The van der Waals surface area contributed by atoms with Gasteiger partial charge in [0.2, 0.25) is 0 Å². The predicted molar refractivity (Wildman–Crippen MR) is 103 cm³/mol. The van der Waals surface area contributed by atoms with E-state index in [1.165, 1.54) is 18.3 Å². The third-order valence-electron chi connectivity index (χ3n) is 5.27. The summed E-state index contributed by atoms with van der Waals surface area (Å²) < 4.78 is 39.0. The van der Waals surface area contributed by atoms with Gasteiger partial charge in [0.05, 0.1) is 21.6 Å². The smallest absolute Gasteiger partial charge is 0.289 e. The number of fused-ring (bicyclic) bond motifs is 1. The highest BCUT2D eigenvalue weighted by atomic mass is 32.2. The number of halogens is 3. The molecular formula is C20H23F3N2O2S. The highest BCUT2D eigenvalue weighted by Crippen LogP contribution is 2.33. The second kappa shape index (κ2) is 8.29. The first kappa shape index (κ1) is 20.9. The van der Waals surface area contributed by atoms with Crippen LogP contribution in [-0.2, 0) is 0 Å². The first-order chi connectivity index (χ1) is 13.1.